The molecule has 0 aromatic carbocycles. The first-order chi connectivity index (χ1) is 8.04. The highest BCUT2D eigenvalue weighted by Crippen LogP contribution is 2.17. The fraction of sp³-hybridized carbons (Fsp3) is 0.400. The lowest BCUT2D eigenvalue weighted by Crippen LogP contribution is -2.15. The van der Waals surface area contributed by atoms with Gasteiger partial charge in [0, 0.05) is 39.5 Å². The van der Waals surface area contributed by atoms with Crippen LogP contribution in [0.4, 0.5) is 5.82 Å². The number of nitrogens with one attached hydrogen (secondary N) is 1. The van der Waals surface area contributed by atoms with Crippen molar-refractivity contribution in [3.63, 3.8) is 0 Å². The van der Waals surface area contributed by atoms with Crippen LogP contribution in [0.25, 0.3) is 0 Å². The van der Waals surface area contributed by atoms with E-state index >= 15 is 0 Å². The van der Waals surface area contributed by atoms with Crippen LogP contribution in [0.2, 0.25) is 0 Å². The number of rotatable bonds is 6. The van der Waals surface area contributed by atoms with Gasteiger partial charge in [-0.25, -0.2) is 9.78 Å². The van der Waals surface area contributed by atoms with E-state index in [0.29, 0.717) is 28.3 Å². The first-order valence-corrected chi connectivity index (χ1v) is 7.30. The van der Waals surface area contributed by atoms with Crippen molar-refractivity contribution in [2.45, 2.75) is 6.92 Å². The lowest BCUT2D eigenvalue weighted by atomic mass is 10.2. The summed E-state index contributed by atoms with van der Waals surface area (Å²) in [6, 6.07) is 1.48. The van der Waals surface area contributed by atoms with Gasteiger partial charge in [-0.1, -0.05) is 6.92 Å². The van der Waals surface area contributed by atoms with Crippen molar-refractivity contribution >= 4 is 38.5 Å². The quantitative estimate of drug-likeness (QED) is 0.834. The van der Waals surface area contributed by atoms with Gasteiger partial charge in [-0.2, -0.15) is 0 Å². The van der Waals surface area contributed by atoms with Crippen LogP contribution in [0.1, 0.15) is 17.3 Å². The van der Waals surface area contributed by atoms with E-state index in [9.17, 15) is 9.00 Å². The van der Waals surface area contributed by atoms with Crippen molar-refractivity contribution in [1.29, 1.82) is 0 Å². The van der Waals surface area contributed by atoms with E-state index in [0.717, 1.165) is 0 Å². The highest BCUT2D eigenvalue weighted by Gasteiger charge is 2.11. The van der Waals surface area contributed by atoms with Gasteiger partial charge in [0.2, 0.25) is 0 Å². The number of carbonyl (C=O) groups is 1. The Morgan fingerprint density at radius 2 is 2.35 bits per heavy atom. The monoisotopic (exact) mass is 320 g/mol. The zero-order valence-corrected chi connectivity index (χ0v) is 11.7. The molecule has 1 heterocycles. The topological polar surface area (TPSA) is 79.3 Å². The molecule has 0 bridgehead atoms. The molecular formula is C10H13BrN2O3S. The smallest absolute Gasteiger partial charge is 0.339 e. The Bertz CT molecular complexity index is 440. The average Bonchev–Trinajstić information content (AvgIpc) is 2.30. The Morgan fingerprint density at radius 1 is 1.65 bits per heavy atom. The van der Waals surface area contributed by atoms with Crippen molar-refractivity contribution in [2.75, 3.05) is 23.4 Å². The first kappa shape index (κ1) is 14.1. The van der Waals surface area contributed by atoms with Crippen LogP contribution < -0.4 is 5.32 Å². The Kier molecular flexibility index (Phi) is 5.57. The van der Waals surface area contributed by atoms with Crippen LogP contribution in [0.5, 0.6) is 0 Å². The summed E-state index contributed by atoms with van der Waals surface area (Å²) in [4.78, 5) is 15.0. The SMILES string of the molecule is CCS(=O)CCNc1ncc(Br)cc1C(=O)O. The highest BCUT2D eigenvalue weighted by molar-refractivity contribution is 9.10. The molecular weight excluding hydrogens is 308 g/mol. The average molecular weight is 321 g/mol. The van der Waals surface area contributed by atoms with Crippen molar-refractivity contribution < 1.29 is 14.1 Å². The maximum atomic E-state index is 11.2. The molecule has 7 heteroatoms. The van der Waals surface area contributed by atoms with Gasteiger partial charge in [0.25, 0.3) is 0 Å². The van der Waals surface area contributed by atoms with Crippen LogP contribution in [-0.2, 0) is 10.8 Å². The fourth-order valence-corrected chi connectivity index (χ4v) is 2.12. The van der Waals surface area contributed by atoms with Crippen molar-refractivity contribution in [3.8, 4) is 0 Å². The summed E-state index contributed by atoms with van der Waals surface area (Å²) in [5, 5.41) is 11.9. The Labute approximate surface area is 110 Å². The molecule has 1 unspecified atom stereocenters. The number of hydrogen-bond donors (Lipinski definition) is 2. The summed E-state index contributed by atoms with van der Waals surface area (Å²) in [6.45, 7) is 2.28. The predicted octanol–water partition coefficient (Wildman–Crippen LogP) is 1.72. The van der Waals surface area contributed by atoms with E-state index in [1.165, 1.54) is 12.3 Å². The van der Waals surface area contributed by atoms with Gasteiger partial charge < -0.3 is 10.4 Å². The number of carboxylic acid groups (broad SMARTS) is 1. The minimum Gasteiger partial charge on any atom is -0.478 e. The number of nitrogens with zero attached hydrogens (tertiary/aromatic N) is 1. The number of hydrogen-bond acceptors (Lipinski definition) is 4. The van der Waals surface area contributed by atoms with E-state index in [1.807, 2.05) is 6.92 Å². The Balaban J connectivity index is 2.70. The molecule has 0 radical (unpaired) electrons. The van der Waals surface area contributed by atoms with Gasteiger partial charge in [-0.15, -0.1) is 0 Å². The molecule has 0 spiro atoms. The summed E-state index contributed by atoms with van der Waals surface area (Å²) >= 11 is 3.16. The molecule has 0 amide bonds. The second-order valence-electron chi connectivity index (χ2n) is 3.21. The van der Waals surface area contributed by atoms with E-state index in [-0.39, 0.29) is 5.56 Å². The van der Waals surface area contributed by atoms with Crippen LogP contribution in [-0.4, -0.2) is 38.3 Å². The van der Waals surface area contributed by atoms with Gasteiger partial charge >= 0.3 is 5.97 Å². The summed E-state index contributed by atoms with van der Waals surface area (Å²) in [5.74, 6) is 0.334. The minimum atomic E-state index is -1.04. The van der Waals surface area contributed by atoms with E-state index < -0.39 is 16.8 Å². The Hall–Kier alpha value is -0.950. The molecule has 0 aliphatic carbocycles. The van der Waals surface area contributed by atoms with Crippen molar-refractivity contribution in [1.82, 2.24) is 4.98 Å². The first-order valence-electron chi connectivity index (χ1n) is 5.02. The molecule has 1 aromatic heterocycles. The van der Waals surface area contributed by atoms with Crippen molar-refractivity contribution in [3.05, 3.63) is 22.3 Å². The van der Waals surface area contributed by atoms with Gasteiger partial charge in [-0.3, -0.25) is 4.21 Å². The summed E-state index contributed by atoms with van der Waals surface area (Å²) in [6.07, 6.45) is 1.52. The number of pyridine rings is 1. The number of aromatic nitrogens is 1. The Morgan fingerprint density at radius 3 is 2.94 bits per heavy atom. The predicted molar refractivity (Wildman–Crippen MR) is 70.9 cm³/mol. The second kappa shape index (κ2) is 6.70. The van der Waals surface area contributed by atoms with Crippen LogP contribution in [0.15, 0.2) is 16.7 Å². The molecule has 94 valence electrons. The molecule has 1 rings (SSSR count). The molecule has 1 atom stereocenters. The number of anilines is 1. The van der Waals surface area contributed by atoms with E-state index in [1.54, 1.807) is 0 Å². The lowest BCUT2D eigenvalue weighted by molar-refractivity contribution is 0.0697. The van der Waals surface area contributed by atoms with E-state index in [4.69, 9.17) is 5.11 Å². The van der Waals surface area contributed by atoms with Gasteiger partial charge in [0.1, 0.15) is 11.4 Å². The number of halogens is 1. The third kappa shape index (κ3) is 4.43. The maximum Gasteiger partial charge on any atom is 0.339 e. The standard InChI is InChI=1S/C10H13BrN2O3S/c1-2-17(16)4-3-12-9-8(10(14)15)5-7(11)6-13-9/h5-6H,2-4H2,1H3,(H,12,13)(H,14,15). The zero-order valence-electron chi connectivity index (χ0n) is 9.27. The van der Waals surface area contributed by atoms with Gasteiger partial charge in [-0.05, 0) is 22.0 Å². The highest BCUT2D eigenvalue weighted by atomic mass is 79.9. The second-order valence-corrected chi connectivity index (χ2v) is 6.00. The molecule has 0 aliphatic rings. The summed E-state index contributed by atoms with van der Waals surface area (Å²) in [7, 11) is -0.869. The number of carboxylic acids is 1. The molecule has 1 aromatic rings. The summed E-state index contributed by atoms with van der Waals surface area (Å²) in [5.41, 5.74) is 0.0988. The molecule has 0 saturated carbocycles. The fourth-order valence-electron chi connectivity index (χ4n) is 1.17. The number of aromatic carboxylic acids is 1. The normalized spacial score (nSPS) is 12.1. The van der Waals surface area contributed by atoms with Gasteiger partial charge in [0.05, 0.1) is 0 Å². The molecule has 5 nitrogen and oxygen atoms in total. The van der Waals surface area contributed by atoms with Crippen LogP contribution in [0, 0.1) is 0 Å². The third-order valence-corrected chi connectivity index (χ3v) is 3.77. The lowest BCUT2D eigenvalue weighted by Gasteiger charge is -2.08. The van der Waals surface area contributed by atoms with Crippen LogP contribution in [0.3, 0.4) is 0 Å². The molecule has 17 heavy (non-hydrogen) atoms. The van der Waals surface area contributed by atoms with E-state index in [2.05, 4.69) is 26.2 Å². The summed E-state index contributed by atoms with van der Waals surface area (Å²) < 4.78 is 11.8. The largest absolute Gasteiger partial charge is 0.478 e. The molecule has 0 saturated heterocycles. The van der Waals surface area contributed by atoms with Crippen molar-refractivity contribution in [2.24, 2.45) is 0 Å². The molecule has 0 aliphatic heterocycles. The zero-order chi connectivity index (χ0) is 12.8. The molecule has 0 fully saturated rings. The molecule has 2 N–H and O–H groups in total. The third-order valence-electron chi connectivity index (χ3n) is 2.03. The minimum absolute atomic E-state index is 0.0988. The van der Waals surface area contributed by atoms with Crippen LogP contribution >= 0.6 is 15.9 Å². The van der Waals surface area contributed by atoms with Gasteiger partial charge in [0.15, 0.2) is 0 Å². The maximum absolute atomic E-state index is 11.2.